The van der Waals surface area contributed by atoms with Crippen molar-refractivity contribution in [3.05, 3.63) is 53.6 Å². The number of aryl methyl sites for hydroxylation is 2. The summed E-state index contributed by atoms with van der Waals surface area (Å²) >= 11 is 1.62. The highest BCUT2D eigenvalue weighted by atomic mass is 32.2. The molecule has 1 saturated carbocycles. The molecule has 5 nitrogen and oxygen atoms in total. The minimum atomic E-state index is 0.0547. The van der Waals surface area contributed by atoms with E-state index in [1.165, 1.54) is 5.56 Å². The molecule has 1 fully saturated rings. The highest BCUT2D eigenvalue weighted by Gasteiger charge is 2.24. The van der Waals surface area contributed by atoms with Crippen molar-refractivity contribution in [3.63, 3.8) is 0 Å². The molecule has 0 bridgehead atoms. The maximum absolute atomic E-state index is 12.3. The molecule has 0 saturated heterocycles. The van der Waals surface area contributed by atoms with Crippen LogP contribution in [-0.4, -0.2) is 33.9 Å². The van der Waals surface area contributed by atoms with Crippen LogP contribution in [0.25, 0.3) is 11.0 Å². The Morgan fingerprint density at radius 3 is 2.86 bits per heavy atom. The molecular weight excluding hydrogens is 370 g/mol. The van der Waals surface area contributed by atoms with Crippen LogP contribution in [0.1, 0.15) is 24.0 Å². The van der Waals surface area contributed by atoms with Gasteiger partial charge in [0.1, 0.15) is 12.3 Å². The predicted molar refractivity (Wildman–Crippen MR) is 113 cm³/mol. The first-order valence-corrected chi connectivity index (χ1v) is 10.7. The molecule has 0 radical (unpaired) electrons. The second-order valence-corrected chi connectivity index (χ2v) is 8.34. The van der Waals surface area contributed by atoms with Gasteiger partial charge in [-0.15, -0.1) is 0 Å². The summed E-state index contributed by atoms with van der Waals surface area (Å²) in [6.45, 7) is 5.03. The van der Waals surface area contributed by atoms with Crippen molar-refractivity contribution in [2.24, 2.45) is 0 Å². The fraction of sp³-hybridized carbons (Fsp3) is 0.364. The number of fused-ring (bicyclic) bond motifs is 1. The van der Waals surface area contributed by atoms with Crippen LogP contribution in [0.3, 0.4) is 0 Å². The Morgan fingerprint density at radius 1 is 1.25 bits per heavy atom. The lowest BCUT2D eigenvalue weighted by Crippen LogP contribution is -2.29. The molecule has 28 heavy (non-hydrogen) atoms. The van der Waals surface area contributed by atoms with E-state index in [0.29, 0.717) is 19.2 Å². The number of hydrogen-bond donors (Lipinski definition) is 1. The average molecular weight is 396 g/mol. The molecule has 2 aromatic carbocycles. The highest BCUT2D eigenvalue weighted by molar-refractivity contribution is 7.99. The SMILES string of the molecule is Cc1ccc(OCCSc2nc3ccccc3n2CC(=O)NC2CC2)c(C)c1. The number of hydrogen-bond acceptors (Lipinski definition) is 4. The first-order valence-electron chi connectivity index (χ1n) is 9.67. The maximum Gasteiger partial charge on any atom is 0.240 e. The summed E-state index contributed by atoms with van der Waals surface area (Å²) in [5.41, 5.74) is 4.29. The van der Waals surface area contributed by atoms with Gasteiger partial charge in [0.05, 0.1) is 17.6 Å². The first-order chi connectivity index (χ1) is 13.6. The summed E-state index contributed by atoms with van der Waals surface area (Å²) in [6, 6.07) is 14.5. The van der Waals surface area contributed by atoms with Crippen LogP contribution in [-0.2, 0) is 11.3 Å². The van der Waals surface area contributed by atoms with Gasteiger partial charge in [-0.05, 0) is 50.5 Å². The number of nitrogens with zero attached hydrogens (tertiary/aromatic N) is 2. The lowest BCUT2D eigenvalue weighted by molar-refractivity contribution is -0.121. The van der Waals surface area contributed by atoms with E-state index < -0.39 is 0 Å². The summed E-state index contributed by atoms with van der Waals surface area (Å²) in [5, 5.41) is 3.92. The number of ether oxygens (including phenoxy) is 1. The Labute approximate surface area is 169 Å². The summed E-state index contributed by atoms with van der Waals surface area (Å²) in [6.07, 6.45) is 2.18. The topological polar surface area (TPSA) is 56.2 Å². The van der Waals surface area contributed by atoms with Crippen molar-refractivity contribution in [2.45, 2.75) is 44.4 Å². The van der Waals surface area contributed by atoms with Gasteiger partial charge in [0.25, 0.3) is 0 Å². The van der Waals surface area contributed by atoms with Crippen LogP contribution in [0.2, 0.25) is 0 Å². The van der Waals surface area contributed by atoms with Gasteiger partial charge in [0.15, 0.2) is 5.16 Å². The van der Waals surface area contributed by atoms with Gasteiger partial charge in [-0.3, -0.25) is 4.79 Å². The van der Waals surface area contributed by atoms with Gasteiger partial charge in [-0.1, -0.05) is 41.6 Å². The molecule has 1 aliphatic carbocycles. The minimum absolute atomic E-state index is 0.0547. The molecule has 1 aliphatic rings. The molecule has 3 aromatic rings. The molecule has 1 N–H and O–H groups in total. The minimum Gasteiger partial charge on any atom is -0.492 e. The van der Waals surface area contributed by atoms with Crippen LogP contribution in [0.5, 0.6) is 5.75 Å². The van der Waals surface area contributed by atoms with Gasteiger partial charge in [0, 0.05) is 11.8 Å². The van der Waals surface area contributed by atoms with E-state index in [4.69, 9.17) is 9.72 Å². The molecule has 146 valence electrons. The Morgan fingerprint density at radius 2 is 2.07 bits per heavy atom. The third-order valence-corrected chi connectivity index (χ3v) is 5.71. The molecule has 6 heteroatoms. The third kappa shape index (κ3) is 4.50. The Hall–Kier alpha value is -2.47. The number of thioether (sulfide) groups is 1. The van der Waals surface area contributed by atoms with Gasteiger partial charge < -0.3 is 14.6 Å². The van der Waals surface area contributed by atoms with Crippen molar-refractivity contribution in [1.29, 1.82) is 0 Å². The Balaban J connectivity index is 1.42. The van der Waals surface area contributed by atoms with E-state index in [1.54, 1.807) is 11.8 Å². The molecular formula is C22H25N3O2S. The second-order valence-electron chi connectivity index (χ2n) is 7.28. The van der Waals surface area contributed by atoms with Crippen molar-refractivity contribution in [2.75, 3.05) is 12.4 Å². The van der Waals surface area contributed by atoms with Crippen LogP contribution < -0.4 is 10.1 Å². The second kappa shape index (κ2) is 8.27. The molecule has 0 unspecified atom stereocenters. The van der Waals surface area contributed by atoms with E-state index in [0.717, 1.165) is 46.1 Å². The lowest BCUT2D eigenvalue weighted by Gasteiger charge is -2.11. The number of carbonyl (C=O) groups is 1. The molecule has 0 spiro atoms. The summed E-state index contributed by atoms with van der Waals surface area (Å²) in [4.78, 5) is 17.1. The molecule has 0 aliphatic heterocycles. The zero-order valence-electron chi connectivity index (χ0n) is 16.3. The van der Waals surface area contributed by atoms with Gasteiger partial charge in [0.2, 0.25) is 5.91 Å². The summed E-state index contributed by atoms with van der Waals surface area (Å²) in [7, 11) is 0. The monoisotopic (exact) mass is 395 g/mol. The van der Waals surface area contributed by atoms with Crippen LogP contribution >= 0.6 is 11.8 Å². The number of imidazole rings is 1. The number of benzene rings is 2. The van der Waals surface area contributed by atoms with E-state index in [1.807, 2.05) is 34.9 Å². The fourth-order valence-corrected chi connectivity index (χ4v) is 4.04. The molecule has 1 aromatic heterocycles. The molecule has 1 heterocycles. The standard InChI is InChI=1S/C22H25N3O2S/c1-15-7-10-20(16(2)13-15)27-11-12-28-22-24-18-5-3-4-6-19(18)25(22)14-21(26)23-17-8-9-17/h3-7,10,13,17H,8-9,11-12,14H2,1-2H3,(H,23,26). The van der Waals surface area contributed by atoms with E-state index >= 15 is 0 Å². The number of carbonyl (C=O) groups excluding carboxylic acids is 1. The van der Waals surface area contributed by atoms with Crippen molar-refractivity contribution in [1.82, 2.24) is 14.9 Å². The quantitative estimate of drug-likeness (QED) is 0.461. The average Bonchev–Trinajstić information content (AvgIpc) is 3.41. The van der Waals surface area contributed by atoms with E-state index in [2.05, 4.69) is 31.3 Å². The number of amides is 1. The van der Waals surface area contributed by atoms with Crippen LogP contribution in [0.15, 0.2) is 47.6 Å². The van der Waals surface area contributed by atoms with E-state index in [9.17, 15) is 4.79 Å². The van der Waals surface area contributed by atoms with Gasteiger partial charge >= 0.3 is 0 Å². The molecule has 4 rings (SSSR count). The Kier molecular flexibility index (Phi) is 5.57. The zero-order valence-corrected chi connectivity index (χ0v) is 17.1. The van der Waals surface area contributed by atoms with Crippen LogP contribution in [0.4, 0.5) is 0 Å². The van der Waals surface area contributed by atoms with Gasteiger partial charge in [-0.2, -0.15) is 0 Å². The highest BCUT2D eigenvalue weighted by Crippen LogP contribution is 2.25. The van der Waals surface area contributed by atoms with Crippen LogP contribution in [0, 0.1) is 13.8 Å². The third-order valence-electron chi connectivity index (χ3n) is 4.77. The maximum atomic E-state index is 12.3. The molecule has 1 amide bonds. The van der Waals surface area contributed by atoms with Crippen molar-refractivity contribution < 1.29 is 9.53 Å². The van der Waals surface area contributed by atoms with E-state index in [-0.39, 0.29) is 5.91 Å². The number of nitrogens with one attached hydrogen (secondary N) is 1. The number of rotatable bonds is 8. The lowest BCUT2D eigenvalue weighted by atomic mass is 10.1. The Bertz CT molecular complexity index is 995. The number of para-hydroxylation sites is 2. The fourth-order valence-electron chi connectivity index (χ4n) is 3.21. The largest absolute Gasteiger partial charge is 0.492 e. The predicted octanol–water partition coefficient (Wildman–Crippen LogP) is 4.10. The van der Waals surface area contributed by atoms with Crippen molar-refractivity contribution >= 4 is 28.7 Å². The smallest absolute Gasteiger partial charge is 0.240 e. The summed E-state index contributed by atoms with van der Waals surface area (Å²) < 4.78 is 7.94. The first kappa shape index (κ1) is 18.9. The zero-order chi connectivity index (χ0) is 19.5. The van der Waals surface area contributed by atoms with Crippen molar-refractivity contribution in [3.8, 4) is 5.75 Å². The van der Waals surface area contributed by atoms with Gasteiger partial charge in [-0.25, -0.2) is 4.98 Å². The molecule has 0 atom stereocenters. The number of aromatic nitrogens is 2. The summed E-state index contributed by atoms with van der Waals surface area (Å²) in [5.74, 6) is 1.74. The normalized spacial score (nSPS) is 13.6.